The average Bonchev–Trinajstić information content (AvgIpc) is 3.49. The van der Waals surface area contributed by atoms with Crippen LogP contribution in [0.15, 0.2) is 49.2 Å². The van der Waals surface area contributed by atoms with Crippen LogP contribution in [0.25, 0.3) is 5.69 Å². The van der Waals surface area contributed by atoms with E-state index in [-0.39, 0.29) is 23.8 Å². The van der Waals surface area contributed by atoms with Crippen LogP contribution in [0.1, 0.15) is 41.7 Å². The van der Waals surface area contributed by atoms with E-state index in [1.165, 1.54) is 0 Å². The summed E-state index contributed by atoms with van der Waals surface area (Å²) >= 11 is 0. The number of amides is 2. The lowest BCUT2D eigenvalue weighted by molar-refractivity contribution is -0.126. The van der Waals surface area contributed by atoms with E-state index in [4.69, 9.17) is 0 Å². The Hall–Kier alpha value is -3.49. The molecule has 2 aromatic heterocycles. The number of hydrogen-bond acceptors (Lipinski definition) is 5. The molecular weight excluding hydrogens is 382 g/mol. The van der Waals surface area contributed by atoms with Crippen LogP contribution in [0.5, 0.6) is 0 Å². The van der Waals surface area contributed by atoms with Crippen LogP contribution in [-0.2, 0) is 11.2 Å². The van der Waals surface area contributed by atoms with Gasteiger partial charge in [-0.3, -0.25) is 19.3 Å². The highest BCUT2D eigenvalue weighted by molar-refractivity contribution is 5.95. The van der Waals surface area contributed by atoms with Gasteiger partial charge in [-0.1, -0.05) is 6.07 Å². The fourth-order valence-corrected chi connectivity index (χ4v) is 3.80. The fraction of sp³-hybridized carbons (Fsp3) is 0.381. The summed E-state index contributed by atoms with van der Waals surface area (Å²) in [6.45, 7) is 0.598. The molecule has 0 radical (unpaired) electrons. The molecule has 30 heavy (non-hydrogen) atoms. The number of carbonyl (C=O) groups excluding carboxylic acids is 2. The molecule has 1 aliphatic rings. The lowest BCUT2D eigenvalue weighted by Gasteiger charge is -2.28. The average molecular weight is 407 g/mol. The summed E-state index contributed by atoms with van der Waals surface area (Å²) in [6.07, 6.45) is 8.80. The zero-order valence-corrected chi connectivity index (χ0v) is 16.6. The number of nitrogens with zero attached hydrogens (tertiary/aromatic N) is 4. The molecule has 0 spiro atoms. The van der Waals surface area contributed by atoms with Crippen molar-refractivity contribution in [3.05, 3.63) is 60.4 Å². The van der Waals surface area contributed by atoms with E-state index in [0.717, 1.165) is 43.5 Å². The van der Waals surface area contributed by atoms with E-state index in [1.807, 2.05) is 24.3 Å². The van der Waals surface area contributed by atoms with Crippen molar-refractivity contribution < 1.29 is 9.59 Å². The van der Waals surface area contributed by atoms with Crippen LogP contribution in [0.4, 0.5) is 0 Å². The molecule has 4 rings (SSSR count). The van der Waals surface area contributed by atoms with Gasteiger partial charge in [0.1, 0.15) is 12.7 Å². The van der Waals surface area contributed by atoms with Gasteiger partial charge in [-0.2, -0.15) is 5.10 Å². The molecule has 156 valence electrons. The minimum Gasteiger partial charge on any atom is -0.355 e. The predicted molar refractivity (Wildman–Crippen MR) is 110 cm³/mol. The van der Waals surface area contributed by atoms with E-state index < -0.39 is 0 Å². The zero-order chi connectivity index (χ0) is 20.8. The summed E-state index contributed by atoms with van der Waals surface area (Å²) in [4.78, 5) is 25.1. The van der Waals surface area contributed by atoms with Gasteiger partial charge in [-0.05, 0) is 49.9 Å². The molecule has 1 aromatic carbocycles. The van der Waals surface area contributed by atoms with Gasteiger partial charge in [0.2, 0.25) is 5.91 Å². The first-order chi connectivity index (χ1) is 14.7. The maximum atomic E-state index is 12.7. The number of aromatic amines is 1. The van der Waals surface area contributed by atoms with Gasteiger partial charge in [0.25, 0.3) is 5.91 Å². The van der Waals surface area contributed by atoms with Gasteiger partial charge in [0.15, 0.2) is 0 Å². The first-order valence-corrected chi connectivity index (χ1v) is 10.2. The highest BCUT2D eigenvalue weighted by Crippen LogP contribution is 2.25. The summed E-state index contributed by atoms with van der Waals surface area (Å²) in [7, 11) is 0. The van der Waals surface area contributed by atoms with E-state index in [1.54, 1.807) is 29.5 Å². The van der Waals surface area contributed by atoms with Crippen molar-refractivity contribution in [2.75, 3.05) is 6.54 Å². The molecule has 2 amide bonds. The molecule has 1 fully saturated rings. The molecule has 3 aromatic rings. The Balaban J connectivity index is 1.23. The van der Waals surface area contributed by atoms with Gasteiger partial charge in [-0.15, -0.1) is 10.2 Å². The summed E-state index contributed by atoms with van der Waals surface area (Å²) in [6, 6.07) is 9.34. The largest absolute Gasteiger partial charge is 0.355 e. The number of H-pyrrole nitrogens is 1. The lowest BCUT2D eigenvalue weighted by atomic mass is 9.85. The van der Waals surface area contributed by atoms with E-state index in [0.29, 0.717) is 12.1 Å². The Kier molecular flexibility index (Phi) is 6.17. The second kappa shape index (κ2) is 9.34. The molecule has 1 saturated carbocycles. The summed E-state index contributed by atoms with van der Waals surface area (Å²) in [5.74, 6) is 0.00954. The third-order valence-corrected chi connectivity index (χ3v) is 5.51. The van der Waals surface area contributed by atoms with Gasteiger partial charge < -0.3 is 10.6 Å². The van der Waals surface area contributed by atoms with Crippen molar-refractivity contribution in [3.63, 3.8) is 0 Å². The molecule has 9 nitrogen and oxygen atoms in total. The van der Waals surface area contributed by atoms with Crippen LogP contribution < -0.4 is 10.6 Å². The number of hydrogen-bond donors (Lipinski definition) is 3. The second-order valence-electron chi connectivity index (χ2n) is 7.56. The minimum absolute atomic E-state index is 0.0111. The van der Waals surface area contributed by atoms with Crippen LogP contribution in [-0.4, -0.2) is 49.4 Å². The molecule has 0 unspecified atom stereocenters. The quantitative estimate of drug-likeness (QED) is 0.550. The molecular formula is C21H25N7O2. The minimum atomic E-state index is -0.0996. The Bertz CT molecular complexity index is 961. The third-order valence-electron chi connectivity index (χ3n) is 5.51. The fourth-order valence-electron chi connectivity index (χ4n) is 3.80. The standard InChI is InChI=1S/C21H25N7O2/c29-20(22-10-8-18-9-11-23-27-18)15-4-6-17(7-5-15)26-21(30)16-2-1-3-19(12-16)28-13-24-25-14-28/h1-3,9,11-15,17H,4-8,10H2,(H,22,29)(H,23,27)(H,26,30). The summed E-state index contributed by atoms with van der Waals surface area (Å²) in [5.41, 5.74) is 2.44. The smallest absolute Gasteiger partial charge is 0.251 e. The lowest BCUT2D eigenvalue weighted by Crippen LogP contribution is -2.41. The zero-order valence-electron chi connectivity index (χ0n) is 16.6. The molecule has 1 aliphatic carbocycles. The molecule has 0 atom stereocenters. The maximum absolute atomic E-state index is 12.7. The first-order valence-electron chi connectivity index (χ1n) is 10.2. The third kappa shape index (κ3) is 4.91. The summed E-state index contributed by atoms with van der Waals surface area (Å²) in [5, 5.41) is 20.5. The van der Waals surface area contributed by atoms with Crippen molar-refractivity contribution in [1.29, 1.82) is 0 Å². The number of carbonyl (C=O) groups is 2. The van der Waals surface area contributed by atoms with Crippen LogP contribution in [0.2, 0.25) is 0 Å². The van der Waals surface area contributed by atoms with Crippen molar-refractivity contribution in [2.45, 2.75) is 38.1 Å². The SMILES string of the molecule is O=C(NC1CCC(C(=O)NCCc2ccn[nH]2)CC1)c1cccc(-n2cnnc2)c1. The highest BCUT2D eigenvalue weighted by atomic mass is 16.2. The highest BCUT2D eigenvalue weighted by Gasteiger charge is 2.27. The maximum Gasteiger partial charge on any atom is 0.251 e. The molecule has 3 N–H and O–H groups in total. The van der Waals surface area contributed by atoms with Crippen molar-refractivity contribution >= 4 is 11.8 Å². The van der Waals surface area contributed by atoms with Gasteiger partial charge >= 0.3 is 0 Å². The molecule has 9 heteroatoms. The molecule has 2 heterocycles. The van der Waals surface area contributed by atoms with Crippen molar-refractivity contribution in [3.8, 4) is 5.69 Å². The topological polar surface area (TPSA) is 118 Å². The first kappa shape index (κ1) is 19.8. The normalized spacial score (nSPS) is 18.7. The van der Waals surface area contributed by atoms with E-state index in [9.17, 15) is 9.59 Å². The van der Waals surface area contributed by atoms with Crippen molar-refractivity contribution in [2.24, 2.45) is 5.92 Å². The number of aromatic nitrogens is 5. The van der Waals surface area contributed by atoms with Gasteiger partial charge in [0.05, 0.1) is 0 Å². The Morgan fingerprint density at radius 3 is 2.63 bits per heavy atom. The predicted octanol–water partition coefficient (Wildman–Crippen LogP) is 1.64. The van der Waals surface area contributed by atoms with E-state index in [2.05, 4.69) is 31.0 Å². The Labute approximate surface area is 174 Å². The number of rotatable bonds is 7. The molecule has 0 bridgehead atoms. The van der Waals surface area contributed by atoms with Gasteiger partial charge in [0, 0.05) is 48.1 Å². The van der Waals surface area contributed by atoms with Crippen LogP contribution in [0.3, 0.4) is 0 Å². The van der Waals surface area contributed by atoms with Crippen LogP contribution in [0, 0.1) is 5.92 Å². The second-order valence-corrected chi connectivity index (χ2v) is 7.56. The molecule has 0 aliphatic heterocycles. The Morgan fingerprint density at radius 1 is 1.10 bits per heavy atom. The number of benzene rings is 1. The molecule has 0 saturated heterocycles. The van der Waals surface area contributed by atoms with Crippen LogP contribution >= 0.6 is 0 Å². The van der Waals surface area contributed by atoms with E-state index >= 15 is 0 Å². The van der Waals surface area contributed by atoms with Crippen molar-refractivity contribution in [1.82, 2.24) is 35.6 Å². The van der Waals surface area contributed by atoms with Gasteiger partial charge in [-0.25, -0.2) is 0 Å². The monoisotopic (exact) mass is 407 g/mol. The number of nitrogens with one attached hydrogen (secondary N) is 3. The summed E-state index contributed by atoms with van der Waals surface area (Å²) < 4.78 is 1.76. The Morgan fingerprint density at radius 2 is 1.90 bits per heavy atom.